The van der Waals surface area contributed by atoms with Crippen molar-refractivity contribution in [3.8, 4) is 17.2 Å². The number of nitrogens with zero attached hydrogens (tertiary/aromatic N) is 2. The molecule has 2 aliphatic rings. The highest BCUT2D eigenvalue weighted by atomic mass is 16.5. The molecule has 0 aliphatic heterocycles. The molecular weight excluding hydrogens is 749 g/mol. The second-order valence-corrected chi connectivity index (χ2v) is 17.6. The fourth-order valence-electron chi connectivity index (χ4n) is 9.75. The topological polar surface area (TPSA) is 42.0 Å². The number of carbonyl (C=O) groups excluding carboxylic acids is 1. The SMILES string of the molecule is CCCC(C)(C)Oc1ccc(N(c2ccccc2)c2ccc(N(c3ccccc3)c3ccc(Oc4ccc(C(=O)C5=CC=C6C(C)(CCC)C6(C)C5C)cc4)cc3)cc2)cc1. The molecule has 0 amide bonds. The number of ketones is 1. The highest BCUT2D eigenvalue weighted by Crippen LogP contribution is 2.76. The van der Waals surface area contributed by atoms with E-state index >= 15 is 0 Å². The number of Topliss-reactive ketones (excluding diaryl/α,β-unsaturated/α-hetero) is 1. The predicted molar refractivity (Wildman–Crippen MR) is 253 cm³/mol. The van der Waals surface area contributed by atoms with Crippen molar-refractivity contribution in [2.75, 3.05) is 9.80 Å². The van der Waals surface area contributed by atoms with Crippen molar-refractivity contribution in [3.63, 3.8) is 0 Å². The fraction of sp³-hybridized carbons (Fsp3) is 0.268. The average molecular weight is 807 g/mol. The van der Waals surface area contributed by atoms with Gasteiger partial charge in [0.1, 0.15) is 22.8 Å². The van der Waals surface area contributed by atoms with Crippen LogP contribution in [0.4, 0.5) is 34.1 Å². The molecule has 0 radical (unpaired) electrons. The summed E-state index contributed by atoms with van der Waals surface area (Å²) in [5.41, 5.74) is 9.31. The first-order valence-electron chi connectivity index (χ1n) is 21.9. The molecule has 1 saturated carbocycles. The zero-order valence-electron chi connectivity index (χ0n) is 36.7. The molecule has 310 valence electrons. The monoisotopic (exact) mass is 806 g/mol. The van der Waals surface area contributed by atoms with Crippen LogP contribution in [0.1, 0.15) is 84.5 Å². The van der Waals surface area contributed by atoms with Crippen LogP contribution in [0.25, 0.3) is 0 Å². The second kappa shape index (κ2) is 17.0. The summed E-state index contributed by atoms with van der Waals surface area (Å²) in [6.07, 6.45) is 8.63. The van der Waals surface area contributed by atoms with Crippen molar-refractivity contribution >= 4 is 39.9 Å². The van der Waals surface area contributed by atoms with E-state index < -0.39 is 0 Å². The summed E-state index contributed by atoms with van der Waals surface area (Å²) in [4.78, 5) is 18.3. The Balaban J connectivity index is 0.995. The molecule has 0 bridgehead atoms. The van der Waals surface area contributed by atoms with E-state index in [4.69, 9.17) is 9.47 Å². The van der Waals surface area contributed by atoms with E-state index in [1.165, 1.54) is 5.57 Å². The van der Waals surface area contributed by atoms with E-state index in [1.54, 1.807) is 0 Å². The van der Waals surface area contributed by atoms with Gasteiger partial charge in [0.2, 0.25) is 0 Å². The molecule has 0 heterocycles. The lowest BCUT2D eigenvalue weighted by molar-refractivity contribution is 0.0984. The highest BCUT2D eigenvalue weighted by Gasteiger charge is 2.68. The molecule has 8 rings (SSSR count). The van der Waals surface area contributed by atoms with Gasteiger partial charge in [0.05, 0.1) is 0 Å². The molecule has 5 nitrogen and oxygen atoms in total. The van der Waals surface area contributed by atoms with Crippen LogP contribution in [0.3, 0.4) is 0 Å². The van der Waals surface area contributed by atoms with E-state index in [0.29, 0.717) is 17.1 Å². The number of hydrogen-bond donors (Lipinski definition) is 0. The van der Waals surface area contributed by atoms with Crippen LogP contribution in [0.5, 0.6) is 17.2 Å². The molecule has 0 N–H and O–H groups in total. The number of carbonyl (C=O) groups is 1. The van der Waals surface area contributed by atoms with E-state index in [2.05, 4.69) is 180 Å². The number of para-hydroxylation sites is 2. The Morgan fingerprint density at radius 3 is 1.46 bits per heavy atom. The van der Waals surface area contributed by atoms with Crippen molar-refractivity contribution < 1.29 is 14.3 Å². The van der Waals surface area contributed by atoms with Gasteiger partial charge in [-0.15, -0.1) is 0 Å². The Morgan fingerprint density at radius 1 is 0.574 bits per heavy atom. The quantitative estimate of drug-likeness (QED) is 0.0911. The highest BCUT2D eigenvalue weighted by molar-refractivity contribution is 6.09. The number of fused-ring (bicyclic) bond motifs is 1. The normalized spacial score (nSPS) is 19.2. The van der Waals surface area contributed by atoms with E-state index in [1.807, 2.05) is 48.5 Å². The molecule has 0 saturated heterocycles. The van der Waals surface area contributed by atoms with Crippen LogP contribution in [-0.2, 0) is 0 Å². The van der Waals surface area contributed by atoms with Crippen molar-refractivity contribution in [2.45, 2.75) is 79.8 Å². The van der Waals surface area contributed by atoms with Crippen molar-refractivity contribution in [2.24, 2.45) is 16.7 Å². The largest absolute Gasteiger partial charge is 0.488 e. The molecule has 6 aromatic carbocycles. The summed E-state index contributed by atoms with van der Waals surface area (Å²) in [6, 6.07) is 53.6. The lowest BCUT2D eigenvalue weighted by Gasteiger charge is -2.29. The third-order valence-corrected chi connectivity index (χ3v) is 13.2. The molecular formula is C56H58N2O3. The maximum Gasteiger partial charge on any atom is 0.189 e. The zero-order valence-corrected chi connectivity index (χ0v) is 36.7. The number of ether oxygens (including phenoxy) is 2. The Bertz CT molecular complexity index is 2510. The molecule has 3 atom stereocenters. The van der Waals surface area contributed by atoms with Crippen LogP contribution < -0.4 is 19.3 Å². The smallest absolute Gasteiger partial charge is 0.189 e. The van der Waals surface area contributed by atoms with Crippen molar-refractivity contribution in [3.05, 3.63) is 187 Å². The molecule has 3 unspecified atom stereocenters. The molecule has 1 fully saturated rings. The van der Waals surface area contributed by atoms with Crippen LogP contribution in [0, 0.1) is 16.7 Å². The number of rotatable bonds is 16. The summed E-state index contributed by atoms with van der Waals surface area (Å²) < 4.78 is 12.7. The minimum atomic E-state index is -0.223. The maximum atomic E-state index is 13.8. The summed E-state index contributed by atoms with van der Waals surface area (Å²) in [7, 11) is 0. The third-order valence-electron chi connectivity index (χ3n) is 13.2. The first-order chi connectivity index (χ1) is 29.5. The molecule has 6 aromatic rings. The third kappa shape index (κ3) is 8.14. The van der Waals surface area contributed by atoms with Gasteiger partial charge >= 0.3 is 0 Å². The fourth-order valence-corrected chi connectivity index (χ4v) is 9.75. The minimum absolute atomic E-state index is 0.0518. The lowest BCUT2D eigenvalue weighted by Crippen LogP contribution is -2.27. The van der Waals surface area contributed by atoms with Gasteiger partial charge in [-0.05, 0) is 159 Å². The van der Waals surface area contributed by atoms with Gasteiger partial charge < -0.3 is 19.3 Å². The van der Waals surface area contributed by atoms with Crippen LogP contribution in [0.2, 0.25) is 0 Å². The summed E-state index contributed by atoms with van der Waals surface area (Å²) in [6.45, 7) is 15.6. The van der Waals surface area contributed by atoms with Gasteiger partial charge in [-0.2, -0.15) is 0 Å². The van der Waals surface area contributed by atoms with Crippen LogP contribution in [0.15, 0.2) is 181 Å². The first-order valence-corrected chi connectivity index (χ1v) is 21.9. The standard InChI is InChI=1S/C56H58N2O3/c1-8-38-54(4,5)61-50-34-28-47(29-35-50)58(43-18-14-11-15-19-43)45-24-22-44(23-25-45)57(42-16-12-10-13-17-42)46-26-32-49(33-27-46)60-48-30-20-41(21-31-48)53(59)51-36-37-52-55(6,39-9-2)56(52,7)40(51)3/h10-37,40H,8-9,38-39H2,1-7H3. The average Bonchev–Trinajstić information content (AvgIpc) is 3.77. The number of benzene rings is 6. The summed E-state index contributed by atoms with van der Waals surface area (Å²) >= 11 is 0. The Morgan fingerprint density at radius 2 is 1.00 bits per heavy atom. The Kier molecular flexibility index (Phi) is 11.5. The molecule has 2 aliphatic carbocycles. The number of hydrogen-bond acceptors (Lipinski definition) is 5. The second-order valence-electron chi connectivity index (χ2n) is 17.6. The Hall–Kier alpha value is -6.33. The van der Waals surface area contributed by atoms with E-state index in [-0.39, 0.29) is 28.1 Å². The lowest BCUT2D eigenvalue weighted by atomic mass is 9.75. The summed E-state index contributed by atoms with van der Waals surface area (Å²) in [5.74, 6) is 2.54. The first kappa shape index (κ1) is 41.4. The molecule has 5 heteroatoms. The zero-order chi connectivity index (χ0) is 42.8. The number of allylic oxidation sites excluding steroid dienone is 4. The number of anilines is 6. The van der Waals surface area contributed by atoms with Gasteiger partial charge in [0.25, 0.3) is 0 Å². The van der Waals surface area contributed by atoms with Gasteiger partial charge in [-0.25, -0.2) is 0 Å². The van der Waals surface area contributed by atoms with Crippen molar-refractivity contribution in [1.29, 1.82) is 0 Å². The van der Waals surface area contributed by atoms with Crippen LogP contribution >= 0.6 is 0 Å². The van der Waals surface area contributed by atoms with Gasteiger partial charge in [-0.1, -0.05) is 102 Å². The van der Waals surface area contributed by atoms with Crippen LogP contribution in [-0.4, -0.2) is 11.4 Å². The maximum absolute atomic E-state index is 13.8. The van der Waals surface area contributed by atoms with Gasteiger partial charge in [0.15, 0.2) is 5.78 Å². The summed E-state index contributed by atoms with van der Waals surface area (Å²) in [5, 5.41) is 0. The molecule has 61 heavy (non-hydrogen) atoms. The van der Waals surface area contributed by atoms with E-state index in [0.717, 1.165) is 71.1 Å². The minimum Gasteiger partial charge on any atom is -0.488 e. The van der Waals surface area contributed by atoms with Gasteiger partial charge in [-0.3, -0.25) is 4.79 Å². The molecule has 0 aromatic heterocycles. The van der Waals surface area contributed by atoms with Crippen molar-refractivity contribution in [1.82, 2.24) is 0 Å². The predicted octanol–water partition coefficient (Wildman–Crippen LogP) is 15.9. The molecule has 0 spiro atoms. The Labute approximate surface area is 363 Å². The van der Waals surface area contributed by atoms with Gasteiger partial charge in [0, 0.05) is 50.7 Å². The van der Waals surface area contributed by atoms with E-state index in [9.17, 15) is 4.79 Å².